The molecule has 0 aliphatic rings. The number of aliphatic hydroxyl groups is 2. The number of rotatable bonds is 5. The van der Waals surface area contributed by atoms with Crippen LogP contribution in [0.4, 0.5) is 5.69 Å². The van der Waals surface area contributed by atoms with Crippen molar-refractivity contribution in [1.29, 1.82) is 0 Å². The molecule has 0 aromatic carbocycles. The second kappa shape index (κ2) is 4.95. The van der Waals surface area contributed by atoms with E-state index in [0.717, 1.165) is 0 Å². The van der Waals surface area contributed by atoms with Crippen LogP contribution < -0.4 is 11.1 Å². The Bertz CT molecular complexity index is 359. The highest BCUT2D eigenvalue weighted by Gasteiger charge is 2.24. The van der Waals surface area contributed by atoms with Crippen molar-refractivity contribution in [3.63, 3.8) is 0 Å². The molecule has 0 bridgehead atoms. The fourth-order valence-electron chi connectivity index (χ4n) is 1.12. The van der Waals surface area contributed by atoms with Gasteiger partial charge in [-0.2, -0.15) is 5.10 Å². The van der Waals surface area contributed by atoms with Gasteiger partial charge in [-0.3, -0.25) is 9.48 Å². The summed E-state index contributed by atoms with van der Waals surface area (Å²) in [7, 11) is 0. The molecule has 1 rings (SSSR count). The molecule has 1 aromatic heterocycles. The molecule has 0 aliphatic carbocycles. The third-order valence-corrected chi connectivity index (χ3v) is 2.10. The summed E-state index contributed by atoms with van der Waals surface area (Å²) in [5, 5.41) is 24.3. The van der Waals surface area contributed by atoms with Gasteiger partial charge >= 0.3 is 0 Å². The third-order valence-electron chi connectivity index (χ3n) is 2.10. The molecule has 5 N–H and O–H groups in total. The van der Waals surface area contributed by atoms with Gasteiger partial charge in [-0.15, -0.1) is 0 Å². The van der Waals surface area contributed by atoms with E-state index < -0.39 is 5.54 Å². The molecule has 0 aliphatic heterocycles. The lowest BCUT2D eigenvalue weighted by molar-refractivity contribution is -0.124. The van der Waals surface area contributed by atoms with Crippen LogP contribution in [0.15, 0.2) is 12.4 Å². The van der Waals surface area contributed by atoms with Crippen molar-refractivity contribution in [2.45, 2.75) is 19.0 Å². The summed E-state index contributed by atoms with van der Waals surface area (Å²) in [5.41, 5.74) is 4.89. The van der Waals surface area contributed by atoms with E-state index in [1.165, 1.54) is 17.1 Å². The van der Waals surface area contributed by atoms with E-state index in [2.05, 4.69) is 10.4 Å². The van der Waals surface area contributed by atoms with E-state index in [1.54, 1.807) is 6.92 Å². The van der Waals surface area contributed by atoms with Gasteiger partial charge in [0.25, 0.3) is 0 Å². The van der Waals surface area contributed by atoms with Crippen LogP contribution in [0.3, 0.4) is 0 Å². The number of hydrogen-bond acceptors (Lipinski definition) is 5. The van der Waals surface area contributed by atoms with Crippen LogP contribution in [0, 0.1) is 0 Å². The number of anilines is 1. The zero-order chi connectivity index (χ0) is 12.2. The molecule has 16 heavy (non-hydrogen) atoms. The second-order valence-corrected chi connectivity index (χ2v) is 3.90. The Balaban J connectivity index is 2.53. The van der Waals surface area contributed by atoms with Gasteiger partial charge in [-0.1, -0.05) is 0 Å². The molecule has 0 unspecified atom stereocenters. The minimum absolute atomic E-state index is 0.00715. The van der Waals surface area contributed by atoms with Gasteiger partial charge in [0, 0.05) is 6.20 Å². The first-order valence-corrected chi connectivity index (χ1v) is 4.80. The molecule has 7 nitrogen and oxygen atoms in total. The van der Waals surface area contributed by atoms with Crippen LogP contribution in [0.5, 0.6) is 0 Å². The summed E-state index contributed by atoms with van der Waals surface area (Å²) in [6.07, 6.45) is 2.96. The summed E-state index contributed by atoms with van der Waals surface area (Å²) >= 11 is 0. The second-order valence-electron chi connectivity index (χ2n) is 3.90. The van der Waals surface area contributed by atoms with Crippen molar-refractivity contribution in [2.24, 2.45) is 0 Å². The maximum absolute atomic E-state index is 11.5. The van der Waals surface area contributed by atoms with Crippen molar-refractivity contribution >= 4 is 11.6 Å². The summed E-state index contributed by atoms with van der Waals surface area (Å²) in [6, 6.07) is 0. The van der Waals surface area contributed by atoms with E-state index in [0.29, 0.717) is 5.69 Å². The smallest absolute Gasteiger partial charge is 0.242 e. The quantitative estimate of drug-likeness (QED) is 0.481. The number of aromatic nitrogens is 2. The average molecular weight is 228 g/mol. The molecule has 0 spiro atoms. The van der Waals surface area contributed by atoms with Crippen molar-refractivity contribution < 1.29 is 15.0 Å². The van der Waals surface area contributed by atoms with Gasteiger partial charge in [-0.05, 0) is 6.92 Å². The molecule has 1 amide bonds. The van der Waals surface area contributed by atoms with E-state index in [-0.39, 0.29) is 25.7 Å². The molecule has 1 aromatic rings. The van der Waals surface area contributed by atoms with Gasteiger partial charge in [-0.25, -0.2) is 0 Å². The number of amides is 1. The predicted octanol–water partition coefficient (Wildman–Crippen LogP) is -1.68. The standard InChI is InChI=1S/C9H16N4O3/c1-9(5-14,6-15)12-8(16)4-13-3-7(10)2-11-13/h2-3,14-15H,4-6,10H2,1H3,(H,12,16). The van der Waals surface area contributed by atoms with Crippen LogP contribution in [0.2, 0.25) is 0 Å². The number of nitrogens with one attached hydrogen (secondary N) is 1. The molecular weight excluding hydrogens is 212 g/mol. The Morgan fingerprint density at radius 1 is 1.62 bits per heavy atom. The van der Waals surface area contributed by atoms with Crippen molar-refractivity contribution in [2.75, 3.05) is 18.9 Å². The van der Waals surface area contributed by atoms with Crippen LogP contribution >= 0.6 is 0 Å². The van der Waals surface area contributed by atoms with Gasteiger partial charge in [0.05, 0.1) is 30.6 Å². The summed E-state index contributed by atoms with van der Waals surface area (Å²) in [5.74, 6) is -0.353. The maximum Gasteiger partial charge on any atom is 0.242 e. The van der Waals surface area contributed by atoms with Gasteiger partial charge in [0.15, 0.2) is 0 Å². The first kappa shape index (κ1) is 12.5. The fraction of sp³-hybridized carbons (Fsp3) is 0.556. The van der Waals surface area contributed by atoms with Crippen molar-refractivity contribution in [1.82, 2.24) is 15.1 Å². The summed E-state index contributed by atoms with van der Waals surface area (Å²) in [4.78, 5) is 11.5. The maximum atomic E-state index is 11.5. The van der Waals surface area contributed by atoms with E-state index >= 15 is 0 Å². The minimum Gasteiger partial charge on any atom is -0.396 e. The Morgan fingerprint density at radius 2 is 2.25 bits per heavy atom. The number of carbonyl (C=O) groups excluding carboxylic acids is 1. The van der Waals surface area contributed by atoms with Crippen LogP contribution in [-0.4, -0.2) is 44.7 Å². The van der Waals surface area contributed by atoms with Gasteiger partial charge < -0.3 is 21.3 Å². The SMILES string of the molecule is CC(CO)(CO)NC(=O)Cn1cc(N)cn1. The van der Waals surface area contributed by atoms with Crippen molar-refractivity contribution in [3.05, 3.63) is 12.4 Å². The molecule has 0 atom stereocenters. The Kier molecular flexibility index (Phi) is 3.86. The van der Waals surface area contributed by atoms with E-state index in [1.807, 2.05) is 0 Å². The van der Waals surface area contributed by atoms with E-state index in [9.17, 15) is 4.79 Å². The number of hydrogen-bond donors (Lipinski definition) is 4. The topological polar surface area (TPSA) is 113 Å². The lowest BCUT2D eigenvalue weighted by Gasteiger charge is -2.26. The monoisotopic (exact) mass is 228 g/mol. The minimum atomic E-state index is -1.02. The number of nitrogens with zero attached hydrogens (tertiary/aromatic N) is 2. The highest BCUT2D eigenvalue weighted by Crippen LogP contribution is 2.02. The highest BCUT2D eigenvalue weighted by molar-refractivity contribution is 5.76. The Labute approximate surface area is 92.9 Å². The number of nitrogens with two attached hydrogens (primary N) is 1. The summed E-state index contributed by atoms with van der Waals surface area (Å²) in [6.45, 7) is 0.863. The normalized spacial score (nSPS) is 11.4. The van der Waals surface area contributed by atoms with Crippen LogP contribution in [0.25, 0.3) is 0 Å². The average Bonchev–Trinajstić information content (AvgIpc) is 2.63. The largest absolute Gasteiger partial charge is 0.396 e. The molecular formula is C9H16N4O3. The van der Waals surface area contributed by atoms with Gasteiger partial charge in [0.2, 0.25) is 5.91 Å². The molecule has 0 fully saturated rings. The highest BCUT2D eigenvalue weighted by atomic mass is 16.3. The Morgan fingerprint density at radius 3 is 2.69 bits per heavy atom. The predicted molar refractivity (Wildman–Crippen MR) is 57.4 cm³/mol. The Hall–Kier alpha value is -1.60. The van der Waals surface area contributed by atoms with Crippen molar-refractivity contribution in [3.8, 4) is 0 Å². The number of aliphatic hydroxyl groups excluding tert-OH is 2. The fourth-order valence-corrected chi connectivity index (χ4v) is 1.12. The lowest BCUT2D eigenvalue weighted by Crippen LogP contribution is -2.52. The van der Waals surface area contributed by atoms with Crippen LogP contribution in [0.1, 0.15) is 6.92 Å². The molecule has 90 valence electrons. The zero-order valence-corrected chi connectivity index (χ0v) is 9.05. The zero-order valence-electron chi connectivity index (χ0n) is 9.05. The molecule has 0 radical (unpaired) electrons. The number of nitrogen functional groups attached to an aromatic ring is 1. The number of carbonyl (C=O) groups is 1. The first-order chi connectivity index (χ1) is 7.49. The molecule has 0 saturated heterocycles. The lowest BCUT2D eigenvalue weighted by atomic mass is 10.1. The molecule has 0 saturated carbocycles. The summed E-state index contributed by atoms with van der Waals surface area (Å²) < 4.78 is 1.37. The molecule has 1 heterocycles. The molecule has 7 heteroatoms. The van der Waals surface area contributed by atoms with Crippen LogP contribution in [-0.2, 0) is 11.3 Å². The van der Waals surface area contributed by atoms with Gasteiger partial charge in [0.1, 0.15) is 6.54 Å². The first-order valence-electron chi connectivity index (χ1n) is 4.80. The third kappa shape index (κ3) is 3.21. The van der Waals surface area contributed by atoms with E-state index in [4.69, 9.17) is 15.9 Å².